The number of nitrogens with one attached hydrogen (secondary N) is 1. The van der Waals surface area contributed by atoms with Crippen molar-refractivity contribution in [1.29, 1.82) is 0 Å². The van der Waals surface area contributed by atoms with Crippen LogP contribution >= 0.6 is 15.9 Å². The molecule has 7 nitrogen and oxygen atoms in total. The second kappa shape index (κ2) is 8.01. The third kappa shape index (κ3) is 4.24. The minimum Gasteiger partial charge on any atom is -0.438 e. The maximum absolute atomic E-state index is 12.2. The van der Waals surface area contributed by atoms with Crippen molar-refractivity contribution in [2.45, 2.75) is 0 Å². The highest BCUT2D eigenvalue weighted by Crippen LogP contribution is 2.22. The van der Waals surface area contributed by atoms with E-state index in [0.717, 1.165) is 4.47 Å². The molecule has 0 saturated heterocycles. The van der Waals surface area contributed by atoms with Crippen LogP contribution in [0.25, 0.3) is 5.82 Å². The van der Waals surface area contributed by atoms with Gasteiger partial charge in [-0.15, -0.1) is 10.2 Å². The smallest absolute Gasteiger partial charge is 0.257 e. The standard InChI is InChI=1S/C20H14BrN5O2/c21-15-11-14(12-22-13-15)20(27)23-16-3-5-17(6-4-16)28-19-8-7-18(24-25-19)26-9-1-2-10-26/h1-13H,(H,23,27). The summed E-state index contributed by atoms with van der Waals surface area (Å²) in [5.41, 5.74) is 1.11. The molecule has 0 spiro atoms. The molecule has 4 aromatic rings. The number of carbonyl (C=O) groups excluding carboxylic acids is 1. The van der Waals surface area contributed by atoms with E-state index in [2.05, 4.69) is 36.4 Å². The SMILES string of the molecule is O=C(Nc1ccc(Oc2ccc(-n3cccc3)nn2)cc1)c1cncc(Br)c1. The van der Waals surface area contributed by atoms with E-state index in [1.165, 1.54) is 6.20 Å². The first kappa shape index (κ1) is 17.9. The van der Waals surface area contributed by atoms with Crippen LogP contribution in [0.3, 0.4) is 0 Å². The molecule has 1 aromatic carbocycles. The zero-order valence-electron chi connectivity index (χ0n) is 14.5. The molecule has 8 heteroatoms. The Balaban J connectivity index is 1.40. The fraction of sp³-hybridized carbons (Fsp3) is 0. The van der Waals surface area contributed by atoms with Gasteiger partial charge in [0.1, 0.15) is 5.75 Å². The van der Waals surface area contributed by atoms with Gasteiger partial charge in [0.05, 0.1) is 5.56 Å². The van der Waals surface area contributed by atoms with Crippen molar-refractivity contribution in [3.05, 3.63) is 89.4 Å². The van der Waals surface area contributed by atoms with Crippen molar-refractivity contribution < 1.29 is 9.53 Å². The molecular formula is C20H14BrN5O2. The van der Waals surface area contributed by atoms with Gasteiger partial charge in [0.25, 0.3) is 5.91 Å². The minimum absolute atomic E-state index is 0.242. The predicted octanol–water partition coefficient (Wildman–Crippen LogP) is 4.47. The number of rotatable bonds is 5. The van der Waals surface area contributed by atoms with Crippen molar-refractivity contribution in [2.24, 2.45) is 0 Å². The molecular weight excluding hydrogens is 422 g/mol. The number of benzene rings is 1. The van der Waals surface area contributed by atoms with Crippen molar-refractivity contribution in [2.75, 3.05) is 5.32 Å². The Morgan fingerprint density at radius 2 is 1.79 bits per heavy atom. The number of pyridine rings is 1. The van der Waals surface area contributed by atoms with Gasteiger partial charge in [-0.1, -0.05) is 0 Å². The number of ether oxygens (including phenoxy) is 1. The van der Waals surface area contributed by atoms with E-state index in [0.29, 0.717) is 28.7 Å². The Morgan fingerprint density at radius 3 is 2.46 bits per heavy atom. The van der Waals surface area contributed by atoms with Crippen LogP contribution in [0.1, 0.15) is 10.4 Å². The third-order valence-corrected chi connectivity index (χ3v) is 4.23. The van der Waals surface area contributed by atoms with Gasteiger partial charge in [-0.25, -0.2) is 0 Å². The minimum atomic E-state index is -0.242. The van der Waals surface area contributed by atoms with Crippen LogP contribution in [0.4, 0.5) is 5.69 Å². The summed E-state index contributed by atoms with van der Waals surface area (Å²) in [5, 5.41) is 11.0. The monoisotopic (exact) mass is 435 g/mol. The van der Waals surface area contributed by atoms with E-state index < -0.39 is 0 Å². The molecule has 1 N–H and O–H groups in total. The van der Waals surface area contributed by atoms with Gasteiger partial charge in [-0.2, -0.15) is 0 Å². The molecule has 4 rings (SSSR count). The van der Waals surface area contributed by atoms with Crippen molar-refractivity contribution >= 4 is 27.5 Å². The fourth-order valence-electron chi connectivity index (χ4n) is 2.46. The summed E-state index contributed by atoms with van der Waals surface area (Å²) in [6, 6.07) is 16.1. The summed E-state index contributed by atoms with van der Waals surface area (Å²) in [5.74, 6) is 1.43. The van der Waals surface area contributed by atoms with E-state index in [4.69, 9.17) is 4.74 Å². The van der Waals surface area contributed by atoms with E-state index in [1.807, 2.05) is 35.2 Å². The van der Waals surface area contributed by atoms with Crippen LogP contribution in [-0.4, -0.2) is 25.7 Å². The number of hydrogen-bond acceptors (Lipinski definition) is 5. The molecule has 0 bridgehead atoms. The number of hydrogen-bond donors (Lipinski definition) is 1. The van der Waals surface area contributed by atoms with E-state index in [-0.39, 0.29) is 5.91 Å². The molecule has 0 aliphatic carbocycles. The average molecular weight is 436 g/mol. The van der Waals surface area contributed by atoms with Crippen LogP contribution in [0.5, 0.6) is 11.6 Å². The van der Waals surface area contributed by atoms with Crippen LogP contribution in [0, 0.1) is 0 Å². The Hall–Kier alpha value is -3.52. The number of anilines is 1. The number of halogens is 1. The van der Waals surface area contributed by atoms with Crippen LogP contribution in [-0.2, 0) is 0 Å². The highest BCUT2D eigenvalue weighted by atomic mass is 79.9. The number of amides is 1. The predicted molar refractivity (Wildman–Crippen MR) is 108 cm³/mol. The zero-order valence-corrected chi connectivity index (χ0v) is 16.1. The quantitative estimate of drug-likeness (QED) is 0.499. The van der Waals surface area contributed by atoms with Crippen LogP contribution in [0.15, 0.2) is 83.9 Å². The highest BCUT2D eigenvalue weighted by molar-refractivity contribution is 9.10. The van der Waals surface area contributed by atoms with Gasteiger partial charge in [-0.3, -0.25) is 9.78 Å². The molecule has 1 amide bonds. The maximum atomic E-state index is 12.2. The van der Waals surface area contributed by atoms with E-state index in [1.54, 1.807) is 42.6 Å². The fourth-order valence-corrected chi connectivity index (χ4v) is 2.82. The molecule has 0 aliphatic rings. The number of carbonyl (C=O) groups is 1. The second-order valence-electron chi connectivity index (χ2n) is 5.79. The Bertz CT molecular complexity index is 1080. The summed E-state index contributed by atoms with van der Waals surface area (Å²) in [4.78, 5) is 16.2. The number of aromatic nitrogens is 4. The third-order valence-electron chi connectivity index (χ3n) is 3.80. The first-order valence-electron chi connectivity index (χ1n) is 8.34. The Kier molecular flexibility index (Phi) is 5.11. The molecule has 138 valence electrons. The summed E-state index contributed by atoms with van der Waals surface area (Å²) >= 11 is 3.30. The first-order valence-corrected chi connectivity index (χ1v) is 9.13. The van der Waals surface area contributed by atoms with Crippen molar-refractivity contribution in [3.63, 3.8) is 0 Å². The topological polar surface area (TPSA) is 81.9 Å². The molecule has 3 heterocycles. The maximum Gasteiger partial charge on any atom is 0.257 e. The lowest BCUT2D eigenvalue weighted by Gasteiger charge is -2.08. The summed E-state index contributed by atoms with van der Waals surface area (Å²) < 4.78 is 8.30. The molecule has 3 aromatic heterocycles. The molecule has 0 saturated carbocycles. The van der Waals surface area contributed by atoms with E-state index >= 15 is 0 Å². The largest absolute Gasteiger partial charge is 0.438 e. The molecule has 0 atom stereocenters. The van der Waals surface area contributed by atoms with Crippen molar-refractivity contribution in [3.8, 4) is 17.4 Å². The average Bonchev–Trinajstić information content (AvgIpc) is 3.25. The van der Waals surface area contributed by atoms with Crippen LogP contribution in [0.2, 0.25) is 0 Å². The second-order valence-corrected chi connectivity index (χ2v) is 6.71. The zero-order chi connectivity index (χ0) is 19.3. The Morgan fingerprint density at radius 1 is 1.00 bits per heavy atom. The van der Waals surface area contributed by atoms with Gasteiger partial charge >= 0.3 is 0 Å². The molecule has 0 fully saturated rings. The summed E-state index contributed by atoms with van der Waals surface area (Å²) in [7, 11) is 0. The number of nitrogens with zero attached hydrogens (tertiary/aromatic N) is 4. The molecule has 0 radical (unpaired) electrons. The van der Waals surface area contributed by atoms with Gasteiger partial charge < -0.3 is 14.6 Å². The van der Waals surface area contributed by atoms with Gasteiger partial charge in [0, 0.05) is 41.0 Å². The van der Waals surface area contributed by atoms with Crippen LogP contribution < -0.4 is 10.1 Å². The lowest BCUT2D eigenvalue weighted by atomic mass is 10.2. The van der Waals surface area contributed by atoms with Crippen molar-refractivity contribution in [1.82, 2.24) is 19.7 Å². The summed E-state index contributed by atoms with van der Waals surface area (Å²) in [6.07, 6.45) is 6.91. The summed E-state index contributed by atoms with van der Waals surface area (Å²) in [6.45, 7) is 0. The van der Waals surface area contributed by atoms with Gasteiger partial charge in [0.2, 0.25) is 5.88 Å². The lowest BCUT2D eigenvalue weighted by Crippen LogP contribution is -2.12. The first-order chi connectivity index (χ1) is 13.7. The van der Waals surface area contributed by atoms with Gasteiger partial charge in [0.15, 0.2) is 5.82 Å². The molecule has 28 heavy (non-hydrogen) atoms. The van der Waals surface area contributed by atoms with E-state index in [9.17, 15) is 4.79 Å². The van der Waals surface area contributed by atoms with Gasteiger partial charge in [-0.05, 0) is 64.5 Å². The lowest BCUT2D eigenvalue weighted by molar-refractivity contribution is 0.102. The molecule has 0 unspecified atom stereocenters. The Labute approximate surface area is 169 Å². The highest BCUT2D eigenvalue weighted by Gasteiger charge is 2.08. The normalized spacial score (nSPS) is 10.5. The molecule has 0 aliphatic heterocycles.